The molecule has 1 N–H and O–H groups in total. The van der Waals surface area contributed by atoms with E-state index in [0.29, 0.717) is 0 Å². The average Bonchev–Trinajstić information content (AvgIpc) is 2.66. The quantitative estimate of drug-likeness (QED) is 0.685. The zero-order chi connectivity index (χ0) is 21.2. The monoisotopic (exact) mass is 400 g/mol. The van der Waals surface area contributed by atoms with Crippen molar-refractivity contribution in [3.05, 3.63) is 99.0 Å². The number of nitrogens with zero attached hydrogens (tertiary/aromatic N) is 1. The van der Waals surface area contributed by atoms with E-state index in [0.717, 1.165) is 28.8 Å². The first kappa shape index (κ1) is 20.4. The average molecular weight is 400 g/mol. The van der Waals surface area contributed by atoms with Gasteiger partial charge in [0, 0.05) is 18.0 Å². The SMILES string of the molecule is Cc1ccc(C)c(Cn2cc(C(=O)Nc3cccc(C(F)(F)F)c3)ccc2=O)c1. The normalized spacial score (nSPS) is 11.3. The van der Waals surface area contributed by atoms with Gasteiger partial charge in [-0.1, -0.05) is 29.8 Å². The van der Waals surface area contributed by atoms with Gasteiger partial charge < -0.3 is 9.88 Å². The molecular formula is C22H19F3N2O2. The van der Waals surface area contributed by atoms with E-state index >= 15 is 0 Å². The molecule has 1 amide bonds. The van der Waals surface area contributed by atoms with Gasteiger partial charge in [0.05, 0.1) is 17.7 Å². The lowest BCUT2D eigenvalue weighted by Gasteiger charge is -2.12. The first-order valence-electron chi connectivity index (χ1n) is 8.89. The van der Waals surface area contributed by atoms with Gasteiger partial charge in [-0.15, -0.1) is 0 Å². The largest absolute Gasteiger partial charge is 0.416 e. The molecule has 150 valence electrons. The lowest BCUT2D eigenvalue weighted by atomic mass is 10.1. The van der Waals surface area contributed by atoms with Crippen LogP contribution in [-0.4, -0.2) is 10.5 Å². The Morgan fingerprint density at radius 1 is 1.03 bits per heavy atom. The number of hydrogen-bond acceptors (Lipinski definition) is 2. The van der Waals surface area contributed by atoms with Gasteiger partial charge >= 0.3 is 6.18 Å². The Labute approximate surface area is 165 Å². The maximum Gasteiger partial charge on any atom is 0.416 e. The lowest BCUT2D eigenvalue weighted by Crippen LogP contribution is -2.23. The highest BCUT2D eigenvalue weighted by atomic mass is 19.4. The molecule has 1 heterocycles. The lowest BCUT2D eigenvalue weighted by molar-refractivity contribution is -0.137. The first-order chi connectivity index (χ1) is 13.6. The molecule has 0 spiro atoms. The number of anilines is 1. The number of aromatic nitrogens is 1. The molecule has 0 saturated carbocycles. The molecule has 0 aliphatic heterocycles. The summed E-state index contributed by atoms with van der Waals surface area (Å²) in [6, 6.07) is 12.9. The van der Waals surface area contributed by atoms with E-state index in [9.17, 15) is 22.8 Å². The van der Waals surface area contributed by atoms with Crippen molar-refractivity contribution in [1.82, 2.24) is 4.57 Å². The Morgan fingerprint density at radius 2 is 1.79 bits per heavy atom. The number of rotatable bonds is 4. The highest BCUT2D eigenvalue weighted by Gasteiger charge is 2.30. The second-order valence-electron chi connectivity index (χ2n) is 6.85. The van der Waals surface area contributed by atoms with Crippen molar-refractivity contribution in [2.24, 2.45) is 0 Å². The number of halogens is 3. The number of hydrogen-bond donors (Lipinski definition) is 1. The second kappa shape index (κ2) is 7.95. The predicted octanol–water partition coefficient (Wildman–Crippen LogP) is 4.78. The van der Waals surface area contributed by atoms with E-state index in [4.69, 9.17) is 0 Å². The van der Waals surface area contributed by atoms with Crippen LogP contribution in [0.25, 0.3) is 0 Å². The predicted molar refractivity (Wildman–Crippen MR) is 105 cm³/mol. The van der Waals surface area contributed by atoms with Crippen molar-refractivity contribution >= 4 is 11.6 Å². The third kappa shape index (κ3) is 4.93. The van der Waals surface area contributed by atoms with Crippen LogP contribution < -0.4 is 10.9 Å². The van der Waals surface area contributed by atoms with Gasteiger partial charge in [0.1, 0.15) is 0 Å². The molecule has 3 rings (SSSR count). The number of carbonyl (C=O) groups is 1. The van der Waals surface area contributed by atoms with Gasteiger partial charge in [-0.25, -0.2) is 0 Å². The Kier molecular flexibility index (Phi) is 5.59. The van der Waals surface area contributed by atoms with Gasteiger partial charge in [-0.3, -0.25) is 9.59 Å². The van der Waals surface area contributed by atoms with Crippen LogP contribution in [0.4, 0.5) is 18.9 Å². The van der Waals surface area contributed by atoms with E-state index < -0.39 is 17.6 Å². The van der Waals surface area contributed by atoms with Crippen molar-refractivity contribution < 1.29 is 18.0 Å². The molecular weight excluding hydrogens is 381 g/mol. The van der Waals surface area contributed by atoms with Crippen LogP contribution in [0.5, 0.6) is 0 Å². The maximum absolute atomic E-state index is 12.8. The summed E-state index contributed by atoms with van der Waals surface area (Å²) in [7, 11) is 0. The summed E-state index contributed by atoms with van der Waals surface area (Å²) in [6.45, 7) is 4.17. The molecule has 0 aliphatic rings. The van der Waals surface area contributed by atoms with E-state index in [-0.39, 0.29) is 23.4 Å². The number of aryl methyl sites for hydroxylation is 2. The summed E-state index contributed by atoms with van der Waals surface area (Å²) in [5.74, 6) is -0.598. The van der Waals surface area contributed by atoms with E-state index in [1.165, 1.54) is 35.0 Å². The van der Waals surface area contributed by atoms with Crippen LogP contribution >= 0.6 is 0 Å². The molecule has 2 aromatic carbocycles. The minimum atomic E-state index is -4.50. The summed E-state index contributed by atoms with van der Waals surface area (Å²) in [5, 5.41) is 2.45. The number of amides is 1. The van der Waals surface area contributed by atoms with Crippen molar-refractivity contribution in [3.8, 4) is 0 Å². The zero-order valence-corrected chi connectivity index (χ0v) is 15.9. The molecule has 0 bridgehead atoms. The second-order valence-corrected chi connectivity index (χ2v) is 6.85. The van der Waals surface area contributed by atoms with Gasteiger partial charge in [0.2, 0.25) is 0 Å². The van der Waals surface area contributed by atoms with Gasteiger partial charge in [-0.2, -0.15) is 13.2 Å². The summed E-state index contributed by atoms with van der Waals surface area (Å²) in [5.41, 5.74) is 2.09. The molecule has 0 saturated heterocycles. The third-order valence-electron chi connectivity index (χ3n) is 4.54. The highest BCUT2D eigenvalue weighted by Crippen LogP contribution is 2.30. The fourth-order valence-corrected chi connectivity index (χ4v) is 2.92. The molecule has 0 fully saturated rings. The van der Waals surface area contributed by atoms with Crippen LogP contribution in [0.15, 0.2) is 65.6 Å². The van der Waals surface area contributed by atoms with Crippen molar-refractivity contribution in [1.29, 1.82) is 0 Å². The van der Waals surface area contributed by atoms with Crippen LogP contribution in [0.1, 0.15) is 32.6 Å². The molecule has 29 heavy (non-hydrogen) atoms. The fraction of sp³-hybridized carbons (Fsp3) is 0.182. The molecule has 0 radical (unpaired) electrons. The summed E-state index contributed by atoms with van der Waals surface area (Å²) >= 11 is 0. The number of pyridine rings is 1. The standard InChI is InChI=1S/C22H19F3N2O2/c1-14-6-7-15(2)17(10-14)13-27-12-16(8-9-20(27)28)21(29)26-19-5-3-4-18(11-19)22(23,24)25/h3-12H,13H2,1-2H3,(H,26,29). The molecule has 4 nitrogen and oxygen atoms in total. The minimum absolute atomic E-state index is 0.0251. The summed E-state index contributed by atoms with van der Waals surface area (Å²) in [6.07, 6.45) is -3.09. The fourth-order valence-electron chi connectivity index (χ4n) is 2.92. The van der Waals surface area contributed by atoms with Gasteiger partial charge in [0.15, 0.2) is 0 Å². The molecule has 0 atom stereocenters. The van der Waals surface area contributed by atoms with Crippen molar-refractivity contribution in [2.75, 3.05) is 5.32 Å². The molecule has 0 aliphatic carbocycles. The smallest absolute Gasteiger partial charge is 0.322 e. The van der Waals surface area contributed by atoms with Crippen LogP contribution in [-0.2, 0) is 12.7 Å². The maximum atomic E-state index is 12.8. The van der Waals surface area contributed by atoms with E-state index in [1.54, 1.807) is 0 Å². The Hall–Kier alpha value is -3.35. The summed E-state index contributed by atoms with van der Waals surface area (Å²) in [4.78, 5) is 24.7. The molecule has 7 heteroatoms. The van der Waals surface area contributed by atoms with Gasteiger partial charge in [-0.05, 0) is 49.2 Å². The molecule has 3 aromatic rings. The number of carbonyl (C=O) groups excluding carboxylic acids is 1. The zero-order valence-electron chi connectivity index (χ0n) is 15.9. The van der Waals surface area contributed by atoms with Gasteiger partial charge in [0.25, 0.3) is 11.5 Å². The first-order valence-corrected chi connectivity index (χ1v) is 8.89. The van der Waals surface area contributed by atoms with Crippen LogP contribution in [0.3, 0.4) is 0 Å². The van der Waals surface area contributed by atoms with Crippen molar-refractivity contribution in [3.63, 3.8) is 0 Å². The van der Waals surface area contributed by atoms with Crippen LogP contribution in [0.2, 0.25) is 0 Å². The van der Waals surface area contributed by atoms with Crippen LogP contribution in [0, 0.1) is 13.8 Å². The molecule has 1 aromatic heterocycles. The molecule has 0 unspecified atom stereocenters. The topological polar surface area (TPSA) is 51.1 Å². The third-order valence-corrected chi connectivity index (χ3v) is 4.54. The van der Waals surface area contributed by atoms with E-state index in [2.05, 4.69) is 5.32 Å². The number of benzene rings is 2. The Bertz CT molecular complexity index is 1120. The number of nitrogens with one attached hydrogen (secondary N) is 1. The Balaban J connectivity index is 1.85. The van der Waals surface area contributed by atoms with Crippen molar-refractivity contribution in [2.45, 2.75) is 26.6 Å². The Morgan fingerprint density at radius 3 is 2.52 bits per heavy atom. The minimum Gasteiger partial charge on any atom is -0.322 e. The van der Waals surface area contributed by atoms with E-state index in [1.807, 2.05) is 32.0 Å². The number of alkyl halides is 3. The summed E-state index contributed by atoms with van der Waals surface area (Å²) < 4.78 is 39.9. The highest BCUT2D eigenvalue weighted by molar-refractivity contribution is 6.04.